The quantitative estimate of drug-likeness (QED) is 0.752. The van der Waals surface area contributed by atoms with Gasteiger partial charge in [-0.25, -0.2) is 0 Å². The zero-order chi connectivity index (χ0) is 13.2. The molecule has 0 fully saturated rings. The minimum atomic E-state index is 0.539. The topological polar surface area (TPSA) is 37.8 Å². The number of thiophene rings is 1. The highest BCUT2D eigenvalue weighted by Crippen LogP contribution is 2.35. The van der Waals surface area contributed by atoms with Gasteiger partial charge in [0.05, 0.1) is 27.5 Å². The minimum absolute atomic E-state index is 0.539. The molecule has 19 heavy (non-hydrogen) atoms. The number of hydrogen-bond acceptors (Lipinski definition) is 5. The Bertz CT molecular complexity index is 694. The summed E-state index contributed by atoms with van der Waals surface area (Å²) in [5.41, 5.74) is 2.26. The summed E-state index contributed by atoms with van der Waals surface area (Å²) in [5.74, 6) is 0. The monoisotopic (exact) mass is 329 g/mol. The van der Waals surface area contributed by atoms with E-state index in [1.807, 2.05) is 0 Å². The molecule has 3 aromatic rings. The molecule has 0 atom stereocenters. The number of fused-ring (bicyclic) bond motifs is 1. The molecule has 0 unspecified atom stereocenters. The average Bonchev–Trinajstić information content (AvgIpc) is 3.04. The highest BCUT2D eigenvalue weighted by molar-refractivity contribution is 7.09. The van der Waals surface area contributed by atoms with Crippen LogP contribution in [0.5, 0.6) is 0 Å². The van der Waals surface area contributed by atoms with Crippen molar-refractivity contribution in [3.05, 3.63) is 38.5 Å². The summed E-state index contributed by atoms with van der Waals surface area (Å²) < 4.78 is 8.44. The SMILES string of the molecule is Clc1cc(Cl)c2nsnc2c1NCCc1cccs1. The van der Waals surface area contributed by atoms with E-state index in [2.05, 4.69) is 31.6 Å². The number of nitrogens with zero attached hydrogens (tertiary/aromatic N) is 2. The third kappa shape index (κ3) is 2.69. The first-order valence-electron chi connectivity index (χ1n) is 5.62. The van der Waals surface area contributed by atoms with Gasteiger partial charge in [0, 0.05) is 11.4 Å². The first kappa shape index (κ1) is 13.1. The number of benzene rings is 1. The van der Waals surface area contributed by atoms with Crippen LogP contribution >= 0.6 is 46.3 Å². The Morgan fingerprint density at radius 3 is 2.79 bits per heavy atom. The lowest BCUT2D eigenvalue weighted by Crippen LogP contribution is -2.05. The molecule has 2 heterocycles. The fraction of sp³-hybridized carbons (Fsp3) is 0.167. The predicted octanol–water partition coefficient (Wildman–Crippen LogP) is 4.71. The summed E-state index contributed by atoms with van der Waals surface area (Å²) in [6.07, 6.45) is 0.954. The number of anilines is 1. The van der Waals surface area contributed by atoms with Crippen LogP contribution in [-0.2, 0) is 6.42 Å². The van der Waals surface area contributed by atoms with Gasteiger partial charge >= 0.3 is 0 Å². The van der Waals surface area contributed by atoms with E-state index in [9.17, 15) is 0 Å². The van der Waals surface area contributed by atoms with E-state index in [4.69, 9.17) is 23.2 Å². The van der Waals surface area contributed by atoms with Crippen molar-refractivity contribution < 1.29 is 0 Å². The Morgan fingerprint density at radius 2 is 2.00 bits per heavy atom. The molecule has 1 N–H and O–H groups in total. The third-order valence-electron chi connectivity index (χ3n) is 2.70. The third-order valence-corrected chi connectivity index (χ3v) is 4.75. The van der Waals surface area contributed by atoms with Crippen molar-refractivity contribution >= 4 is 63.0 Å². The number of rotatable bonds is 4. The molecular weight excluding hydrogens is 321 g/mol. The molecule has 3 nitrogen and oxygen atoms in total. The second kappa shape index (κ2) is 5.63. The molecule has 0 radical (unpaired) electrons. The Kier molecular flexibility index (Phi) is 3.88. The molecule has 0 aliphatic heterocycles. The smallest absolute Gasteiger partial charge is 0.130 e. The van der Waals surface area contributed by atoms with E-state index in [0.29, 0.717) is 15.6 Å². The summed E-state index contributed by atoms with van der Waals surface area (Å²) in [5, 5.41) is 6.52. The Morgan fingerprint density at radius 1 is 1.16 bits per heavy atom. The minimum Gasteiger partial charge on any atom is -0.382 e. The maximum atomic E-state index is 6.22. The average molecular weight is 330 g/mol. The van der Waals surface area contributed by atoms with Gasteiger partial charge in [0.2, 0.25) is 0 Å². The fourth-order valence-electron chi connectivity index (χ4n) is 1.81. The maximum Gasteiger partial charge on any atom is 0.130 e. The molecule has 1 aromatic carbocycles. The highest BCUT2D eigenvalue weighted by Gasteiger charge is 2.13. The summed E-state index contributed by atoms with van der Waals surface area (Å²) in [6.45, 7) is 0.800. The van der Waals surface area contributed by atoms with Gasteiger partial charge in [-0.05, 0) is 23.9 Å². The van der Waals surface area contributed by atoms with Crippen LogP contribution in [-0.4, -0.2) is 15.3 Å². The number of halogens is 2. The van der Waals surface area contributed by atoms with E-state index >= 15 is 0 Å². The summed E-state index contributed by atoms with van der Waals surface area (Å²) in [4.78, 5) is 1.34. The van der Waals surface area contributed by atoms with Crippen LogP contribution in [0, 0.1) is 0 Å². The van der Waals surface area contributed by atoms with Crippen molar-refractivity contribution in [2.75, 3.05) is 11.9 Å². The number of nitrogens with one attached hydrogen (secondary N) is 1. The van der Waals surface area contributed by atoms with Crippen LogP contribution in [0.4, 0.5) is 5.69 Å². The summed E-state index contributed by atoms with van der Waals surface area (Å²) in [7, 11) is 0. The van der Waals surface area contributed by atoms with Crippen molar-refractivity contribution in [2.45, 2.75) is 6.42 Å². The van der Waals surface area contributed by atoms with Gasteiger partial charge in [-0.3, -0.25) is 0 Å². The van der Waals surface area contributed by atoms with Crippen LogP contribution in [0.15, 0.2) is 23.6 Å². The molecule has 3 rings (SSSR count). The molecule has 0 spiro atoms. The predicted molar refractivity (Wildman–Crippen MR) is 83.9 cm³/mol. The van der Waals surface area contributed by atoms with Gasteiger partial charge < -0.3 is 5.32 Å². The molecule has 98 valence electrons. The fourth-order valence-corrected chi connectivity index (χ4v) is 3.70. The lowest BCUT2D eigenvalue weighted by molar-refractivity contribution is 1.05. The van der Waals surface area contributed by atoms with Crippen molar-refractivity contribution in [1.29, 1.82) is 0 Å². The Hall–Kier alpha value is -0.880. The second-order valence-corrected chi connectivity index (χ2v) is 6.31. The van der Waals surface area contributed by atoms with Gasteiger partial charge in [-0.2, -0.15) is 8.75 Å². The van der Waals surface area contributed by atoms with Gasteiger partial charge in [-0.1, -0.05) is 29.3 Å². The van der Waals surface area contributed by atoms with Crippen molar-refractivity contribution in [3.8, 4) is 0 Å². The van der Waals surface area contributed by atoms with Gasteiger partial charge in [0.1, 0.15) is 11.0 Å². The molecular formula is C12H9Cl2N3S2. The van der Waals surface area contributed by atoms with E-state index < -0.39 is 0 Å². The van der Waals surface area contributed by atoms with Crippen LogP contribution in [0.1, 0.15) is 4.88 Å². The summed E-state index contributed by atoms with van der Waals surface area (Å²) in [6, 6.07) is 5.88. The number of aromatic nitrogens is 2. The normalized spacial score (nSPS) is 11.1. The summed E-state index contributed by atoms with van der Waals surface area (Å²) >= 11 is 15.2. The highest BCUT2D eigenvalue weighted by atomic mass is 35.5. The molecule has 0 aliphatic carbocycles. The molecule has 0 aliphatic rings. The van der Waals surface area contributed by atoms with Crippen LogP contribution < -0.4 is 5.32 Å². The molecule has 0 saturated carbocycles. The molecule has 0 bridgehead atoms. The van der Waals surface area contributed by atoms with E-state index in [1.165, 1.54) is 4.88 Å². The first-order valence-corrected chi connectivity index (χ1v) is 7.99. The van der Waals surface area contributed by atoms with Gasteiger partial charge in [0.15, 0.2) is 0 Å². The lowest BCUT2D eigenvalue weighted by atomic mass is 10.2. The lowest BCUT2D eigenvalue weighted by Gasteiger charge is -2.08. The standard InChI is InChI=1S/C12H9Cl2N3S2/c13-8-6-9(14)11-12(17-19-16-11)10(8)15-4-3-7-2-1-5-18-7/h1-2,5-6,15H,3-4H2. The molecule has 7 heteroatoms. The van der Waals surface area contributed by atoms with Crippen molar-refractivity contribution in [1.82, 2.24) is 8.75 Å². The molecule has 0 saturated heterocycles. The van der Waals surface area contributed by atoms with Crippen molar-refractivity contribution in [2.24, 2.45) is 0 Å². The van der Waals surface area contributed by atoms with Gasteiger partial charge in [0.25, 0.3) is 0 Å². The van der Waals surface area contributed by atoms with Gasteiger partial charge in [-0.15, -0.1) is 11.3 Å². The second-order valence-electron chi connectivity index (χ2n) is 3.93. The largest absolute Gasteiger partial charge is 0.382 e. The van der Waals surface area contributed by atoms with Crippen LogP contribution in [0.2, 0.25) is 10.0 Å². The number of hydrogen-bond donors (Lipinski definition) is 1. The van der Waals surface area contributed by atoms with Crippen LogP contribution in [0.3, 0.4) is 0 Å². The molecule has 0 amide bonds. The van der Waals surface area contributed by atoms with Crippen LogP contribution in [0.25, 0.3) is 11.0 Å². The van der Waals surface area contributed by atoms with E-state index in [1.54, 1.807) is 17.4 Å². The van der Waals surface area contributed by atoms with E-state index in [0.717, 1.165) is 35.9 Å². The Balaban J connectivity index is 1.82. The zero-order valence-electron chi connectivity index (χ0n) is 9.69. The molecule has 2 aromatic heterocycles. The first-order chi connectivity index (χ1) is 9.25. The Labute approximate surface area is 128 Å². The van der Waals surface area contributed by atoms with E-state index in [-0.39, 0.29) is 0 Å². The zero-order valence-corrected chi connectivity index (χ0v) is 12.8. The maximum absolute atomic E-state index is 6.22. The van der Waals surface area contributed by atoms with Crippen molar-refractivity contribution in [3.63, 3.8) is 0 Å².